The molecule has 1 aromatic rings. The third-order valence-corrected chi connectivity index (χ3v) is 7.36. The van der Waals surface area contributed by atoms with Crippen LogP contribution in [0.1, 0.15) is 46.1 Å². The zero-order valence-corrected chi connectivity index (χ0v) is 20.1. The molecule has 0 N–H and O–H groups in total. The summed E-state index contributed by atoms with van der Waals surface area (Å²) in [6, 6.07) is 4.96. The average molecular weight is 499 g/mol. The van der Waals surface area contributed by atoms with E-state index in [1.807, 2.05) is 45.3 Å². The van der Waals surface area contributed by atoms with Crippen LogP contribution < -0.4 is 0 Å². The van der Waals surface area contributed by atoms with Crippen LogP contribution in [0.15, 0.2) is 24.5 Å². The predicted octanol–water partition coefficient (Wildman–Crippen LogP) is 5.62. The Balaban J connectivity index is 0.000000823. The van der Waals surface area contributed by atoms with E-state index in [1.165, 1.54) is 12.0 Å². The fourth-order valence-electron chi connectivity index (χ4n) is 2.21. The zero-order chi connectivity index (χ0) is 19.0. The van der Waals surface area contributed by atoms with Gasteiger partial charge in [-0.2, -0.15) is 0 Å². The minimum atomic E-state index is -2.47. The summed E-state index contributed by atoms with van der Waals surface area (Å²) >= 11 is 6.72. The Morgan fingerprint density at radius 1 is 1.04 bits per heavy atom. The predicted molar refractivity (Wildman–Crippen MR) is 115 cm³/mol. The number of halogens is 2. The van der Waals surface area contributed by atoms with Crippen molar-refractivity contribution in [3.8, 4) is 0 Å². The number of nitrogens with zero attached hydrogens (tertiary/aromatic N) is 1. The summed E-state index contributed by atoms with van der Waals surface area (Å²) in [5, 5.41) is 1.10. The maximum atomic E-state index is 5.83. The van der Waals surface area contributed by atoms with E-state index in [1.54, 1.807) is 0 Å². The summed E-state index contributed by atoms with van der Waals surface area (Å²) in [7, 11) is -2.47. The van der Waals surface area contributed by atoms with Crippen LogP contribution in [0.25, 0.3) is 0 Å². The molecule has 0 bridgehead atoms. The molecule has 1 unspecified atom stereocenters. The molecule has 1 atom stereocenters. The van der Waals surface area contributed by atoms with E-state index in [0.717, 1.165) is 24.2 Å². The molecular formula is C18H33Br2NO3Si. The summed E-state index contributed by atoms with van der Waals surface area (Å²) in [6.07, 6.45) is 6.88. The van der Waals surface area contributed by atoms with E-state index in [4.69, 9.17) is 13.3 Å². The lowest BCUT2D eigenvalue weighted by Crippen LogP contribution is -2.46. The van der Waals surface area contributed by atoms with E-state index in [9.17, 15) is 0 Å². The SMILES string of the molecule is CC(Br)CCBr.CCO[Si](CCCc1ccncc1)(OCC)OCC. The first-order chi connectivity index (χ1) is 12.0. The first-order valence-electron chi connectivity index (χ1n) is 9.04. The molecule has 0 amide bonds. The van der Waals surface area contributed by atoms with Crippen molar-refractivity contribution in [3.63, 3.8) is 0 Å². The van der Waals surface area contributed by atoms with Gasteiger partial charge in [-0.1, -0.05) is 38.8 Å². The maximum absolute atomic E-state index is 5.83. The fraction of sp³-hybridized carbons (Fsp3) is 0.722. The van der Waals surface area contributed by atoms with Crippen molar-refractivity contribution >= 4 is 40.7 Å². The number of alkyl halides is 2. The van der Waals surface area contributed by atoms with Crippen LogP contribution in [0.5, 0.6) is 0 Å². The number of hydrogen-bond acceptors (Lipinski definition) is 4. The van der Waals surface area contributed by atoms with Crippen molar-refractivity contribution in [1.82, 2.24) is 4.98 Å². The molecule has 0 aliphatic heterocycles. The van der Waals surface area contributed by atoms with Crippen LogP contribution in [-0.4, -0.2) is 43.8 Å². The zero-order valence-electron chi connectivity index (χ0n) is 16.0. The Morgan fingerprint density at radius 2 is 1.56 bits per heavy atom. The summed E-state index contributed by atoms with van der Waals surface area (Å²) < 4.78 is 17.5. The lowest BCUT2D eigenvalue weighted by Gasteiger charge is -2.28. The highest BCUT2D eigenvalue weighted by atomic mass is 79.9. The van der Waals surface area contributed by atoms with Gasteiger partial charge in [0.15, 0.2) is 0 Å². The molecule has 0 saturated heterocycles. The molecular weight excluding hydrogens is 466 g/mol. The minimum absolute atomic E-state index is 0.640. The number of aryl methyl sites for hydroxylation is 1. The van der Waals surface area contributed by atoms with E-state index in [2.05, 4.69) is 43.8 Å². The molecule has 25 heavy (non-hydrogen) atoms. The van der Waals surface area contributed by atoms with Crippen molar-refractivity contribution in [2.45, 2.75) is 57.8 Å². The smallest absolute Gasteiger partial charge is 0.374 e. The number of hydrogen-bond donors (Lipinski definition) is 0. The van der Waals surface area contributed by atoms with Gasteiger partial charge in [0, 0.05) is 48.4 Å². The van der Waals surface area contributed by atoms with Crippen molar-refractivity contribution in [1.29, 1.82) is 0 Å². The van der Waals surface area contributed by atoms with Crippen LogP contribution in [0.3, 0.4) is 0 Å². The third-order valence-electron chi connectivity index (χ3n) is 3.30. The van der Waals surface area contributed by atoms with Gasteiger partial charge in [-0.15, -0.1) is 0 Å². The molecule has 0 spiro atoms. The topological polar surface area (TPSA) is 40.6 Å². The second-order valence-corrected chi connectivity index (χ2v) is 10.5. The molecule has 0 aliphatic carbocycles. The Labute approximate surface area is 171 Å². The molecule has 0 radical (unpaired) electrons. The molecule has 0 aromatic carbocycles. The van der Waals surface area contributed by atoms with E-state index >= 15 is 0 Å². The highest BCUT2D eigenvalue weighted by Crippen LogP contribution is 2.19. The Hall–Kier alpha value is 0.207. The number of aromatic nitrogens is 1. The Kier molecular flexibility index (Phi) is 16.5. The summed E-state index contributed by atoms with van der Waals surface area (Å²) in [4.78, 5) is 4.69. The second-order valence-electron chi connectivity index (χ2n) is 5.45. The molecule has 0 saturated carbocycles. The molecule has 0 fully saturated rings. The molecule has 1 aromatic heterocycles. The van der Waals surface area contributed by atoms with E-state index in [-0.39, 0.29) is 0 Å². The Morgan fingerprint density at radius 3 is 1.92 bits per heavy atom. The standard InChI is InChI=1S/C14H25NO3Si.C4H8Br2/c1-4-16-19(17-5-2,18-6-3)13-7-8-14-9-11-15-12-10-14;1-4(6)2-3-5/h9-12H,4-8,13H2,1-3H3;4H,2-3H2,1H3. The molecule has 4 nitrogen and oxygen atoms in total. The number of pyridine rings is 1. The van der Waals surface area contributed by atoms with Gasteiger partial charge in [0.1, 0.15) is 0 Å². The highest BCUT2D eigenvalue weighted by molar-refractivity contribution is 9.10. The first kappa shape index (κ1) is 25.2. The molecule has 1 rings (SSSR count). The lowest BCUT2D eigenvalue weighted by molar-refractivity contribution is 0.0708. The fourth-order valence-corrected chi connectivity index (χ4v) is 6.35. The van der Waals surface area contributed by atoms with Gasteiger partial charge >= 0.3 is 8.80 Å². The van der Waals surface area contributed by atoms with E-state index in [0.29, 0.717) is 24.6 Å². The lowest BCUT2D eigenvalue weighted by atomic mass is 10.2. The van der Waals surface area contributed by atoms with Crippen molar-refractivity contribution in [3.05, 3.63) is 30.1 Å². The normalized spacial score (nSPS) is 12.4. The van der Waals surface area contributed by atoms with Crippen molar-refractivity contribution in [2.75, 3.05) is 25.2 Å². The van der Waals surface area contributed by atoms with Crippen LogP contribution in [0, 0.1) is 0 Å². The number of rotatable bonds is 12. The van der Waals surface area contributed by atoms with Gasteiger partial charge in [-0.05, 0) is 57.7 Å². The van der Waals surface area contributed by atoms with Crippen LogP contribution in [-0.2, 0) is 19.7 Å². The maximum Gasteiger partial charge on any atom is 0.500 e. The van der Waals surface area contributed by atoms with Gasteiger partial charge in [0.25, 0.3) is 0 Å². The largest absolute Gasteiger partial charge is 0.500 e. The summed E-state index contributed by atoms with van der Waals surface area (Å²) in [6.45, 7) is 10.0. The van der Waals surface area contributed by atoms with Gasteiger partial charge in [0.05, 0.1) is 0 Å². The molecule has 7 heteroatoms. The second kappa shape index (κ2) is 16.4. The third kappa shape index (κ3) is 13.1. The van der Waals surface area contributed by atoms with Crippen molar-refractivity contribution in [2.24, 2.45) is 0 Å². The monoisotopic (exact) mass is 497 g/mol. The minimum Gasteiger partial charge on any atom is -0.374 e. The Bertz CT molecular complexity index is 394. The van der Waals surface area contributed by atoms with E-state index < -0.39 is 8.80 Å². The van der Waals surface area contributed by atoms with Gasteiger partial charge in [-0.3, -0.25) is 4.98 Å². The van der Waals surface area contributed by atoms with Crippen LogP contribution in [0.2, 0.25) is 6.04 Å². The summed E-state index contributed by atoms with van der Waals surface area (Å²) in [5.74, 6) is 0. The average Bonchev–Trinajstić information content (AvgIpc) is 2.57. The van der Waals surface area contributed by atoms with Gasteiger partial charge in [0.2, 0.25) is 0 Å². The molecule has 1 heterocycles. The van der Waals surface area contributed by atoms with Crippen LogP contribution in [0.4, 0.5) is 0 Å². The first-order valence-corrected chi connectivity index (χ1v) is 13.0. The van der Waals surface area contributed by atoms with Gasteiger partial charge in [-0.25, -0.2) is 0 Å². The van der Waals surface area contributed by atoms with Gasteiger partial charge < -0.3 is 13.3 Å². The van der Waals surface area contributed by atoms with Crippen LogP contribution >= 0.6 is 31.9 Å². The highest BCUT2D eigenvalue weighted by Gasteiger charge is 2.39. The molecule has 146 valence electrons. The quantitative estimate of drug-likeness (QED) is 0.277. The summed E-state index contributed by atoms with van der Waals surface area (Å²) in [5.41, 5.74) is 1.29. The van der Waals surface area contributed by atoms with Crippen molar-refractivity contribution < 1.29 is 13.3 Å². The molecule has 0 aliphatic rings.